The number of imide groups is 1. The van der Waals surface area contributed by atoms with Crippen LogP contribution in [-0.2, 0) is 21.2 Å². The van der Waals surface area contributed by atoms with E-state index >= 15 is 0 Å². The Balaban J connectivity index is 1.89. The predicted molar refractivity (Wildman–Crippen MR) is 129 cm³/mol. The van der Waals surface area contributed by atoms with Crippen LogP contribution in [0.25, 0.3) is 0 Å². The summed E-state index contributed by atoms with van der Waals surface area (Å²) in [5.41, 5.74) is 0.114. The second kappa shape index (κ2) is 8.44. The molecule has 0 unspecified atom stereocenters. The van der Waals surface area contributed by atoms with Gasteiger partial charge in [0.15, 0.2) is 9.84 Å². The number of pyridine rings is 1. The van der Waals surface area contributed by atoms with Crippen molar-refractivity contribution in [3.8, 4) is 0 Å². The number of carbonyl (C=O) groups is 2. The van der Waals surface area contributed by atoms with Crippen LogP contribution in [0.3, 0.4) is 0 Å². The highest BCUT2D eigenvalue weighted by atomic mass is 32.2. The Morgan fingerprint density at radius 3 is 2.21 bits per heavy atom. The van der Waals surface area contributed by atoms with Gasteiger partial charge in [0.25, 0.3) is 5.91 Å². The van der Waals surface area contributed by atoms with Gasteiger partial charge in [-0.15, -0.1) is 0 Å². The Morgan fingerprint density at radius 1 is 1.06 bits per heavy atom. The van der Waals surface area contributed by atoms with E-state index in [0.717, 1.165) is 10.5 Å². The SMILES string of the molecule is CC(C)Nc1cc(CN2C(=O)N(c3ccc(S(=O)(=O)C(C)(C)C)cc3)C(=O)C2(C)C)ccn1. The van der Waals surface area contributed by atoms with Crippen molar-refractivity contribution in [1.29, 1.82) is 0 Å². The van der Waals surface area contributed by atoms with Crippen LogP contribution in [0.1, 0.15) is 54.0 Å². The normalized spacial score (nSPS) is 16.6. The molecule has 33 heavy (non-hydrogen) atoms. The minimum atomic E-state index is -3.54. The van der Waals surface area contributed by atoms with Crippen LogP contribution in [0.4, 0.5) is 16.3 Å². The number of hydrogen-bond acceptors (Lipinski definition) is 6. The molecule has 1 aliphatic heterocycles. The molecule has 1 N–H and O–H groups in total. The van der Waals surface area contributed by atoms with Crippen LogP contribution in [0.15, 0.2) is 47.5 Å². The van der Waals surface area contributed by atoms with Gasteiger partial charge in [-0.05, 0) is 90.4 Å². The Labute approximate surface area is 195 Å². The fourth-order valence-corrected chi connectivity index (χ4v) is 4.79. The van der Waals surface area contributed by atoms with Gasteiger partial charge in [0.1, 0.15) is 11.4 Å². The number of amides is 3. The van der Waals surface area contributed by atoms with Gasteiger partial charge >= 0.3 is 6.03 Å². The summed E-state index contributed by atoms with van der Waals surface area (Å²) in [6.07, 6.45) is 1.67. The monoisotopic (exact) mass is 472 g/mol. The molecule has 0 aliphatic carbocycles. The molecular formula is C24H32N4O4S. The van der Waals surface area contributed by atoms with E-state index in [9.17, 15) is 18.0 Å². The van der Waals surface area contributed by atoms with Crippen molar-refractivity contribution in [1.82, 2.24) is 9.88 Å². The van der Waals surface area contributed by atoms with Gasteiger partial charge in [0, 0.05) is 18.8 Å². The van der Waals surface area contributed by atoms with Crippen molar-refractivity contribution in [3.63, 3.8) is 0 Å². The molecule has 1 fully saturated rings. The summed E-state index contributed by atoms with van der Waals surface area (Å²) in [7, 11) is -3.54. The minimum absolute atomic E-state index is 0.149. The zero-order valence-corrected chi connectivity index (χ0v) is 21.0. The van der Waals surface area contributed by atoms with Crippen molar-refractivity contribution in [2.75, 3.05) is 10.2 Å². The second-order valence-corrected chi connectivity index (χ2v) is 12.7. The van der Waals surface area contributed by atoms with Crippen molar-refractivity contribution in [3.05, 3.63) is 48.2 Å². The molecule has 0 radical (unpaired) electrons. The molecule has 1 aromatic carbocycles. The minimum Gasteiger partial charge on any atom is -0.368 e. The molecular weight excluding hydrogens is 440 g/mol. The fraction of sp³-hybridized carbons (Fsp3) is 0.458. The largest absolute Gasteiger partial charge is 0.368 e. The van der Waals surface area contributed by atoms with E-state index in [1.807, 2.05) is 26.0 Å². The maximum atomic E-state index is 13.3. The molecule has 2 heterocycles. The first kappa shape index (κ1) is 24.7. The van der Waals surface area contributed by atoms with Crippen LogP contribution in [0.5, 0.6) is 0 Å². The molecule has 178 valence electrons. The first-order valence-electron chi connectivity index (χ1n) is 10.9. The first-order chi connectivity index (χ1) is 15.2. The molecule has 0 saturated carbocycles. The quantitative estimate of drug-likeness (QED) is 0.632. The summed E-state index contributed by atoms with van der Waals surface area (Å²) in [4.78, 5) is 33.6. The zero-order valence-electron chi connectivity index (χ0n) is 20.2. The van der Waals surface area contributed by atoms with E-state index in [-0.39, 0.29) is 23.4 Å². The molecule has 0 atom stereocenters. The third-order valence-corrected chi connectivity index (χ3v) is 8.14. The van der Waals surface area contributed by atoms with Gasteiger partial charge in [0.05, 0.1) is 15.3 Å². The van der Waals surface area contributed by atoms with E-state index in [1.165, 1.54) is 29.2 Å². The summed E-state index contributed by atoms with van der Waals surface area (Å²) in [6.45, 7) is 12.6. The lowest BCUT2D eigenvalue weighted by atomic mass is 10.0. The average Bonchev–Trinajstić information content (AvgIpc) is 2.86. The number of carbonyl (C=O) groups excluding carboxylic acids is 2. The maximum absolute atomic E-state index is 13.3. The van der Waals surface area contributed by atoms with Gasteiger partial charge in [-0.1, -0.05) is 0 Å². The Hall–Kier alpha value is -2.94. The number of sulfone groups is 1. The van der Waals surface area contributed by atoms with Gasteiger partial charge < -0.3 is 10.2 Å². The lowest BCUT2D eigenvalue weighted by Crippen LogP contribution is -2.43. The molecule has 8 nitrogen and oxygen atoms in total. The fourth-order valence-electron chi connectivity index (χ4n) is 3.59. The van der Waals surface area contributed by atoms with E-state index in [0.29, 0.717) is 11.5 Å². The molecule has 0 bridgehead atoms. The molecule has 1 aromatic heterocycles. The molecule has 0 spiro atoms. The smallest absolute Gasteiger partial charge is 0.332 e. The van der Waals surface area contributed by atoms with E-state index in [2.05, 4.69) is 10.3 Å². The van der Waals surface area contributed by atoms with Crippen LogP contribution < -0.4 is 10.2 Å². The van der Waals surface area contributed by atoms with E-state index in [1.54, 1.807) is 40.8 Å². The maximum Gasteiger partial charge on any atom is 0.332 e. The summed E-state index contributed by atoms with van der Waals surface area (Å²) < 4.78 is 24.4. The number of benzene rings is 1. The van der Waals surface area contributed by atoms with Crippen LogP contribution in [0.2, 0.25) is 0 Å². The predicted octanol–water partition coefficient (Wildman–Crippen LogP) is 4.22. The van der Waals surface area contributed by atoms with E-state index < -0.39 is 26.2 Å². The Kier molecular flexibility index (Phi) is 6.32. The van der Waals surface area contributed by atoms with Crippen LogP contribution in [0, 0.1) is 0 Å². The summed E-state index contributed by atoms with van der Waals surface area (Å²) >= 11 is 0. The Morgan fingerprint density at radius 2 is 1.67 bits per heavy atom. The first-order valence-corrected chi connectivity index (χ1v) is 12.4. The number of nitrogens with zero attached hydrogens (tertiary/aromatic N) is 3. The summed E-state index contributed by atoms with van der Waals surface area (Å²) in [6, 6.07) is 9.33. The molecule has 2 aromatic rings. The number of anilines is 2. The van der Waals surface area contributed by atoms with Crippen molar-refractivity contribution in [2.24, 2.45) is 0 Å². The topological polar surface area (TPSA) is 99.7 Å². The zero-order chi connectivity index (χ0) is 24.8. The van der Waals surface area contributed by atoms with Gasteiger partial charge in [-0.3, -0.25) is 4.79 Å². The van der Waals surface area contributed by atoms with Gasteiger partial charge in [-0.25, -0.2) is 23.1 Å². The lowest BCUT2D eigenvalue weighted by Gasteiger charge is -2.27. The second-order valence-electron chi connectivity index (χ2n) is 10.0. The van der Waals surface area contributed by atoms with Gasteiger partial charge in [0.2, 0.25) is 0 Å². The van der Waals surface area contributed by atoms with Crippen molar-refractivity contribution < 1.29 is 18.0 Å². The Bertz CT molecular complexity index is 1170. The number of nitrogens with one attached hydrogen (secondary N) is 1. The lowest BCUT2D eigenvalue weighted by molar-refractivity contribution is -0.123. The highest BCUT2D eigenvalue weighted by Gasteiger charge is 2.51. The summed E-state index contributed by atoms with van der Waals surface area (Å²) in [5, 5.41) is 3.23. The highest BCUT2D eigenvalue weighted by Crippen LogP contribution is 2.34. The third-order valence-electron chi connectivity index (χ3n) is 5.64. The number of rotatable bonds is 6. The number of urea groups is 1. The number of hydrogen-bond donors (Lipinski definition) is 1. The number of aromatic nitrogens is 1. The molecule has 1 saturated heterocycles. The van der Waals surface area contributed by atoms with Crippen molar-refractivity contribution in [2.45, 2.75) is 76.2 Å². The standard InChI is InChI=1S/C24H32N4O4S/c1-16(2)26-20-14-17(12-13-25-20)15-27-22(30)28(21(29)24(27,6)7)18-8-10-19(11-9-18)33(31,32)23(3,4)5/h8-14,16H,15H2,1-7H3,(H,25,26). The molecule has 1 aliphatic rings. The molecule has 3 amide bonds. The molecule has 9 heteroatoms. The van der Waals surface area contributed by atoms with Crippen LogP contribution in [-0.4, -0.2) is 46.6 Å². The third kappa shape index (κ3) is 4.59. The molecule has 3 rings (SSSR count). The highest BCUT2D eigenvalue weighted by molar-refractivity contribution is 7.92. The van der Waals surface area contributed by atoms with Crippen LogP contribution >= 0.6 is 0 Å². The van der Waals surface area contributed by atoms with Gasteiger partial charge in [-0.2, -0.15) is 0 Å². The van der Waals surface area contributed by atoms with E-state index in [4.69, 9.17) is 0 Å². The summed E-state index contributed by atoms with van der Waals surface area (Å²) in [5.74, 6) is 0.333. The average molecular weight is 473 g/mol. The van der Waals surface area contributed by atoms with Crippen molar-refractivity contribution >= 4 is 33.3 Å².